The van der Waals surface area contributed by atoms with Crippen LogP contribution in [0.3, 0.4) is 0 Å². The van der Waals surface area contributed by atoms with E-state index < -0.39 is 6.10 Å². The van der Waals surface area contributed by atoms with Crippen LogP contribution in [-0.2, 0) is 4.79 Å². The van der Waals surface area contributed by atoms with Crippen LogP contribution in [0.1, 0.15) is 41.3 Å². The molecule has 0 aliphatic carbocycles. The Labute approximate surface area is 138 Å². The summed E-state index contributed by atoms with van der Waals surface area (Å²) in [6.07, 6.45) is 1.30. The largest absolute Gasteiger partial charge is 0.467 e. The molecule has 2 heterocycles. The number of aliphatic hydroxyl groups is 1. The molecule has 23 heavy (non-hydrogen) atoms. The van der Waals surface area contributed by atoms with Gasteiger partial charge in [-0.25, -0.2) is 0 Å². The number of furan rings is 1. The Balaban J connectivity index is 1.65. The molecule has 2 aromatic heterocycles. The number of hydrogen-bond acceptors (Lipinski definition) is 5. The van der Waals surface area contributed by atoms with Crippen molar-refractivity contribution in [1.82, 2.24) is 10.6 Å². The van der Waals surface area contributed by atoms with E-state index in [0.29, 0.717) is 17.1 Å². The first-order valence-corrected chi connectivity index (χ1v) is 8.26. The molecule has 0 spiro atoms. The number of amides is 2. The average Bonchev–Trinajstić information content (AvgIpc) is 3.20. The minimum atomic E-state index is -0.751. The molecule has 2 aromatic rings. The Morgan fingerprint density at radius 1 is 1.35 bits per heavy atom. The second-order valence-electron chi connectivity index (χ2n) is 5.22. The van der Waals surface area contributed by atoms with Crippen molar-refractivity contribution >= 4 is 23.2 Å². The molecule has 0 fully saturated rings. The van der Waals surface area contributed by atoms with Gasteiger partial charge < -0.3 is 20.2 Å². The fourth-order valence-electron chi connectivity index (χ4n) is 2.12. The molecule has 0 saturated heterocycles. The highest BCUT2D eigenvalue weighted by Gasteiger charge is 2.16. The van der Waals surface area contributed by atoms with Gasteiger partial charge in [0, 0.05) is 25.4 Å². The van der Waals surface area contributed by atoms with E-state index in [1.54, 1.807) is 24.3 Å². The Hall–Kier alpha value is -2.12. The molecule has 0 aromatic carbocycles. The van der Waals surface area contributed by atoms with Crippen LogP contribution in [0.2, 0.25) is 0 Å². The lowest BCUT2D eigenvalue weighted by molar-refractivity contribution is -0.121. The minimum absolute atomic E-state index is 0.171. The van der Waals surface area contributed by atoms with Crippen LogP contribution >= 0.6 is 11.3 Å². The standard InChI is InChI=1S/C16H20N2O4S/c1-11(10-12(19)13-4-2-8-22-13)18-15(20)6-7-17-16(21)14-5-3-9-23-14/h2-5,8-9,11-12,19H,6-7,10H2,1H3,(H,17,21)(H,18,20). The molecule has 6 nitrogen and oxygen atoms in total. The van der Waals surface area contributed by atoms with Crippen molar-refractivity contribution < 1.29 is 19.1 Å². The predicted octanol–water partition coefficient (Wildman–Crippen LogP) is 2.09. The highest BCUT2D eigenvalue weighted by Crippen LogP contribution is 2.18. The first-order chi connectivity index (χ1) is 11.1. The molecule has 2 amide bonds. The van der Waals surface area contributed by atoms with E-state index in [2.05, 4.69) is 10.6 Å². The van der Waals surface area contributed by atoms with E-state index in [9.17, 15) is 14.7 Å². The van der Waals surface area contributed by atoms with Gasteiger partial charge in [0.1, 0.15) is 11.9 Å². The molecule has 124 valence electrons. The van der Waals surface area contributed by atoms with E-state index in [1.165, 1.54) is 17.6 Å². The molecule has 0 aliphatic rings. The summed E-state index contributed by atoms with van der Waals surface area (Å²) in [6, 6.07) is 6.74. The monoisotopic (exact) mass is 336 g/mol. The summed E-state index contributed by atoms with van der Waals surface area (Å²) < 4.78 is 5.12. The van der Waals surface area contributed by atoms with Gasteiger partial charge in [0.25, 0.3) is 5.91 Å². The second kappa shape index (κ2) is 8.50. The fourth-order valence-corrected chi connectivity index (χ4v) is 2.76. The van der Waals surface area contributed by atoms with Gasteiger partial charge in [-0.1, -0.05) is 6.07 Å². The lowest BCUT2D eigenvalue weighted by Crippen LogP contribution is -2.36. The van der Waals surface area contributed by atoms with Crippen molar-refractivity contribution in [2.45, 2.75) is 31.9 Å². The maximum atomic E-state index is 11.8. The summed E-state index contributed by atoms with van der Waals surface area (Å²) in [6.45, 7) is 2.09. The van der Waals surface area contributed by atoms with Crippen LogP contribution in [-0.4, -0.2) is 29.5 Å². The Bertz CT molecular complexity index is 610. The van der Waals surface area contributed by atoms with Crippen molar-refractivity contribution in [1.29, 1.82) is 0 Å². The quantitative estimate of drug-likeness (QED) is 0.688. The van der Waals surface area contributed by atoms with Crippen LogP contribution in [0.25, 0.3) is 0 Å². The summed E-state index contributed by atoms with van der Waals surface area (Å²) >= 11 is 1.36. The van der Waals surface area contributed by atoms with Crippen molar-refractivity contribution in [3.63, 3.8) is 0 Å². The molecule has 2 unspecified atom stereocenters. The van der Waals surface area contributed by atoms with Crippen LogP contribution in [0, 0.1) is 0 Å². The number of aliphatic hydroxyl groups excluding tert-OH is 1. The van der Waals surface area contributed by atoms with Gasteiger partial charge in [0.15, 0.2) is 0 Å². The van der Waals surface area contributed by atoms with Crippen molar-refractivity contribution in [3.05, 3.63) is 46.5 Å². The lowest BCUT2D eigenvalue weighted by Gasteiger charge is -2.16. The van der Waals surface area contributed by atoms with Crippen LogP contribution in [0.15, 0.2) is 40.3 Å². The van der Waals surface area contributed by atoms with E-state index in [0.717, 1.165) is 0 Å². The molecule has 2 atom stereocenters. The number of nitrogens with one attached hydrogen (secondary N) is 2. The zero-order valence-electron chi connectivity index (χ0n) is 12.8. The third kappa shape index (κ3) is 5.54. The van der Waals surface area contributed by atoms with Gasteiger partial charge in [-0.3, -0.25) is 9.59 Å². The van der Waals surface area contributed by atoms with Crippen molar-refractivity contribution in [2.75, 3.05) is 6.54 Å². The molecular weight excluding hydrogens is 316 g/mol. The van der Waals surface area contributed by atoms with Gasteiger partial charge in [-0.15, -0.1) is 11.3 Å². The van der Waals surface area contributed by atoms with Gasteiger partial charge in [-0.05, 0) is 30.5 Å². The maximum absolute atomic E-state index is 11.8. The SMILES string of the molecule is CC(CC(O)c1ccco1)NC(=O)CCNC(=O)c1cccs1. The molecular formula is C16H20N2O4S. The van der Waals surface area contributed by atoms with E-state index in [4.69, 9.17) is 4.42 Å². The van der Waals surface area contributed by atoms with Crippen molar-refractivity contribution in [2.24, 2.45) is 0 Å². The topological polar surface area (TPSA) is 91.6 Å². The first-order valence-electron chi connectivity index (χ1n) is 7.39. The Morgan fingerprint density at radius 2 is 2.17 bits per heavy atom. The van der Waals surface area contributed by atoms with Gasteiger partial charge in [0.2, 0.25) is 5.91 Å². The molecule has 2 rings (SSSR count). The third-order valence-corrected chi connectivity index (χ3v) is 4.11. The summed E-state index contributed by atoms with van der Waals surface area (Å²) in [5.41, 5.74) is 0. The zero-order valence-corrected chi connectivity index (χ0v) is 13.6. The maximum Gasteiger partial charge on any atom is 0.261 e. The molecule has 0 bridgehead atoms. The number of carbonyl (C=O) groups excluding carboxylic acids is 2. The lowest BCUT2D eigenvalue weighted by atomic mass is 10.1. The normalized spacial score (nSPS) is 13.3. The number of carbonyl (C=O) groups is 2. The van der Waals surface area contributed by atoms with Gasteiger partial charge in [-0.2, -0.15) is 0 Å². The van der Waals surface area contributed by atoms with E-state index in [-0.39, 0.29) is 30.8 Å². The fraction of sp³-hybridized carbons (Fsp3) is 0.375. The Kier molecular flexibility index (Phi) is 6.37. The molecule has 0 saturated carbocycles. The van der Waals surface area contributed by atoms with E-state index in [1.807, 2.05) is 12.3 Å². The van der Waals surface area contributed by atoms with Crippen LogP contribution < -0.4 is 10.6 Å². The van der Waals surface area contributed by atoms with Gasteiger partial charge in [0.05, 0.1) is 11.1 Å². The highest BCUT2D eigenvalue weighted by atomic mass is 32.1. The molecule has 0 radical (unpaired) electrons. The highest BCUT2D eigenvalue weighted by molar-refractivity contribution is 7.12. The van der Waals surface area contributed by atoms with Crippen LogP contribution in [0.4, 0.5) is 0 Å². The minimum Gasteiger partial charge on any atom is -0.467 e. The summed E-state index contributed by atoms with van der Waals surface area (Å²) in [5, 5.41) is 17.3. The van der Waals surface area contributed by atoms with Crippen molar-refractivity contribution in [3.8, 4) is 0 Å². The molecule has 0 aliphatic heterocycles. The summed E-state index contributed by atoms with van der Waals surface area (Å²) in [5.74, 6) is 0.138. The summed E-state index contributed by atoms with van der Waals surface area (Å²) in [4.78, 5) is 24.2. The second-order valence-corrected chi connectivity index (χ2v) is 6.17. The van der Waals surface area contributed by atoms with E-state index >= 15 is 0 Å². The molecule has 3 N–H and O–H groups in total. The number of hydrogen-bond donors (Lipinski definition) is 3. The average molecular weight is 336 g/mol. The smallest absolute Gasteiger partial charge is 0.261 e. The summed E-state index contributed by atoms with van der Waals surface area (Å²) in [7, 11) is 0. The zero-order chi connectivity index (χ0) is 16.7. The predicted molar refractivity (Wildman–Crippen MR) is 87.2 cm³/mol. The third-order valence-electron chi connectivity index (χ3n) is 3.24. The van der Waals surface area contributed by atoms with Crippen LogP contribution in [0.5, 0.6) is 0 Å². The number of thiophene rings is 1. The Morgan fingerprint density at radius 3 is 2.83 bits per heavy atom. The number of rotatable bonds is 8. The first kappa shape index (κ1) is 17.2. The van der Waals surface area contributed by atoms with Gasteiger partial charge >= 0.3 is 0 Å². The molecule has 7 heteroatoms.